The number of nitrogens with two attached hydrogens (primary N) is 1. The van der Waals surface area contributed by atoms with Crippen molar-refractivity contribution in [1.29, 1.82) is 0 Å². The first-order valence-corrected chi connectivity index (χ1v) is 8.08. The van der Waals surface area contributed by atoms with E-state index in [0.717, 1.165) is 30.8 Å². The van der Waals surface area contributed by atoms with Crippen LogP contribution in [-0.4, -0.2) is 36.6 Å². The van der Waals surface area contributed by atoms with Gasteiger partial charge in [0.2, 0.25) is 5.91 Å². The molecule has 1 fully saturated rings. The molecule has 2 aromatic rings. The van der Waals surface area contributed by atoms with Gasteiger partial charge in [-0.3, -0.25) is 9.69 Å². The quantitative estimate of drug-likeness (QED) is 0.917. The van der Waals surface area contributed by atoms with E-state index in [2.05, 4.69) is 4.90 Å². The standard InChI is InChI=1S/C19H21FN2O2/c20-16-7-5-14(6-8-16)12-22-9-10-24-17(13-22)11-15-3-1-2-4-18(15)19(21)23/h1-8,17H,9-13H2,(H2,21,23). The molecule has 0 spiro atoms. The van der Waals surface area contributed by atoms with Gasteiger partial charge in [-0.05, 0) is 29.3 Å². The molecule has 24 heavy (non-hydrogen) atoms. The molecule has 1 atom stereocenters. The summed E-state index contributed by atoms with van der Waals surface area (Å²) in [4.78, 5) is 13.8. The Morgan fingerprint density at radius 2 is 1.96 bits per heavy atom. The fourth-order valence-electron chi connectivity index (χ4n) is 3.08. The van der Waals surface area contributed by atoms with E-state index < -0.39 is 5.91 Å². The monoisotopic (exact) mass is 328 g/mol. The normalized spacial score (nSPS) is 18.5. The van der Waals surface area contributed by atoms with Crippen LogP contribution < -0.4 is 5.73 Å². The first-order valence-electron chi connectivity index (χ1n) is 8.08. The first-order chi connectivity index (χ1) is 11.6. The number of carbonyl (C=O) groups excluding carboxylic acids is 1. The van der Waals surface area contributed by atoms with E-state index in [1.165, 1.54) is 12.1 Å². The smallest absolute Gasteiger partial charge is 0.248 e. The van der Waals surface area contributed by atoms with Crippen molar-refractivity contribution in [2.45, 2.75) is 19.1 Å². The largest absolute Gasteiger partial charge is 0.375 e. The van der Waals surface area contributed by atoms with Crippen molar-refractivity contribution < 1.29 is 13.9 Å². The molecule has 4 nitrogen and oxygen atoms in total. The Hall–Kier alpha value is -2.24. The summed E-state index contributed by atoms with van der Waals surface area (Å²) in [6, 6.07) is 14.0. The molecule has 126 valence electrons. The number of halogens is 1. The minimum Gasteiger partial charge on any atom is -0.375 e. The van der Waals surface area contributed by atoms with Gasteiger partial charge < -0.3 is 10.5 Å². The van der Waals surface area contributed by atoms with Gasteiger partial charge >= 0.3 is 0 Å². The number of nitrogens with zero attached hydrogens (tertiary/aromatic N) is 1. The highest BCUT2D eigenvalue weighted by atomic mass is 19.1. The highest BCUT2D eigenvalue weighted by molar-refractivity contribution is 5.94. The Balaban J connectivity index is 1.63. The van der Waals surface area contributed by atoms with E-state index in [0.29, 0.717) is 18.6 Å². The van der Waals surface area contributed by atoms with Gasteiger partial charge in [0.05, 0.1) is 12.7 Å². The zero-order valence-electron chi connectivity index (χ0n) is 13.5. The van der Waals surface area contributed by atoms with Crippen molar-refractivity contribution in [2.75, 3.05) is 19.7 Å². The molecule has 2 aromatic carbocycles. The van der Waals surface area contributed by atoms with Gasteiger partial charge in [-0.25, -0.2) is 4.39 Å². The maximum atomic E-state index is 13.0. The molecule has 1 aliphatic rings. The van der Waals surface area contributed by atoms with Crippen LogP contribution in [0.4, 0.5) is 4.39 Å². The van der Waals surface area contributed by atoms with Gasteiger partial charge in [0.25, 0.3) is 0 Å². The van der Waals surface area contributed by atoms with Crippen LogP contribution >= 0.6 is 0 Å². The Labute approximate surface area is 141 Å². The van der Waals surface area contributed by atoms with E-state index in [1.54, 1.807) is 6.07 Å². The van der Waals surface area contributed by atoms with Crippen LogP contribution in [0.3, 0.4) is 0 Å². The Morgan fingerprint density at radius 1 is 1.21 bits per heavy atom. The van der Waals surface area contributed by atoms with Crippen LogP contribution in [0.2, 0.25) is 0 Å². The second-order valence-electron chi connectivity index (χ2n) is 6.08. The third-order valence-corrected chi connectivity index (χ3v) is 4.27. The molecule has 0 aliphatic carbocycles. The zero-order chi connectivity index (χ0) is 16.9. The maximum absolute atomic E-state index is 13.0. The number of hydrogen-bond acceptors (Lipinski definition) is 3. The summed E-state index contributed by atoms with van der Waals surface area (Å²) in [7, 11) is 0. The van der Waals surface area contributed by atoms with E-state index in [4.69, 9.17) is 10.5 Å². The van der Waals surface area contributed by atoms with Gasteiger partial charge in [-0.15, -0.1) is 0 Å². The summed E-state index contributed by atoms with van der Waals surface area (Å²) < 4.78 is 18.9. The van der Waals surface area contributed by atoms with E-state index >= 15 is 0 Å². The molecule has 3 rings (SSSR count). The lowest BCUT2D eigenvalue weighted by Gasteiger charge is -2.33. The molecule has 1 saturated heterocycles. The first kappa shape index (κ1) is 16.6. The van der Waals surface area contributed by atoms with Crippen LogP contribution in [0.15, 0.2) is 48.5 Å². The molecular formula is C19H21FN2O2. The van der Waals surface area contributed by atoms with Gasteiger partial charge in [-0.2, -0.15) is 0 Å². The Bertz CT molecular complexity index is 703. The lowest BCUT2D eigenvalue weighted by Crippen LogP contribution is -2.43. The van der Waals surface area contributed by atoms with E-state index in [1.807, 2.05) is 30.3 Å². The van der Waals surface area contributed by atoms with Gasteiger partial charge in [-0.1, -0.05) is 30.3 Å². The summed E-state index contributed by atoms with van der Waals surface area (Å²) in [5.41, 5.74) is 7.99. The molecule has 2 N–H and O–H groups in total. The molecule has 5 heteroatoms. The zero-order valence-corrected chi connectivity index (χ0v) is 13.5. The van der Waals surface area contributed by atoms with Crippen LogP contribution in [0.5, 0.6) is 0 Å². The number of ether oxygens (including phenoxy) is 1. The summed E-state index contributed by atoms with van der Waals surface area (Å²) in [5, 5.41) is 0. The SMILES string of the molecule is NC(=O)c1ccccc1CC1CN(Cc2ccc(F)cc2)CCO1. The van der Waals surface area contributed by atoms with E-state index in [9.17, 15) is 9.18 Å². The highest BCUT2D eigenvalue weighted by Crippen LogP contribution is 2.17. The van der Waals surface area contributed by atoms with Gasteiger partial charge in [0, 0.05) is 31.6 Å². The van der Waals surface area contributed by atoms with Crippen molar-refractivity contribution in [1.82, 2.24) is 4.90 Å². The number of benzene rings is 2. The number of carbonyl (C=O) groups is 1. The Kier molecular flexibility index (Phi) is 5.23. The fraction of sp³-hybridized carbons (Fsp3) is 0.316. The Morgan fingerprint density at radius 3 is 2.71 bits per heavy atom. The molecule has 0 saturated carbocycles. The molecule has 1 amide bonds. The molecule has 0 radical (unpaired) electrons. The van der Waals surface area contributed by atoms with Crippen molar-refractivity contribution >= 4 is 5.91 Å². The topological polar surface area (TPSA) is 55.6 Å². The lowest BCUT2D eigenvalue weighted by molar-refractivity contribution is -0.0305. The number of amides is 1. The van der Waals surface area contributed by atoms with Crippen molar-refractivity contribution in [3.63, 3.8) is 0 Å². The minimum atomic E-state index is -0.412. The third-order valence-electron chi connectivity index (χ3n) is 4.27. The van der Waals surface area contributed by atoms with Crippen LogP contribution in [0, 0.1) is 5.82 Å². The molecule has 1 unspecified atom stereocenters. The molecule has 1 heterocycles. The highest BCUT2D eigenvalue weighted by Gasteiger charge is 2.22. The number of rotatable bonds is 5. The second kappa shape index (κ2) is 7.55. The van der Waals surface area contributed by atoms with Crippen LogP contribution in [-0.2, 0) is 17.7 Å². The van der Waals surface area contributed by atoms with Crippen LogP contribution in [0.25, 0.3) is 0 Å². The molecule has 1 aliphatic heterocycles. The summed E-state index contributed by atoms with van der Waals surface area (Å²) in [6.45, 7) is 3.01. The molecular weight excluding hydrogens is 307 g/mol. The molecule has 0 aromatic heterocycles. The van der Waals surface area contributed by atoms with Crippen molar-refractivity contribution in [3.8, 4) is 0 Å². The van der Waals surface area contributed by atoms with E-state index in [-0.39, 0.29) is 11.9 Å². The maximum Gasteiger partial charge on any atom is 0.248 e. The lowest BCUT2D eigenvalue weighted by atomic mass is 10.00. The fourth-order valence-corrected chi connectivity index (χ4v) is 3.08. The second-order valence-corrected chi connectivity index (χ2v) is 6.08. The van der Waals surface area contributed by atoms with Crippen molar-refractivity contribution in [2.24, 2.45) is 5.73 Å². The number of primary amides is 1. The minimum absolute atomic E-state index is 0.0136. The summed E-state index contributed by atoms with van der Waals surface area (Å²) in [5.74, 6) is -0.633. The summed E-state index contributed by atoms with van der Waals surface area (Å²) >= 11 is 0. The third kappa shape index (κ3) is 4.19. The molecule has 0 bridgehead atoms. The van der Waals surface area contributed by atoms with Crippen molar-refractivity contribution in [3.05, 3.63) is 71.0 Å². The average molecular weight is 328 g/mol. The predicted octanol–water partition coefficient (Wildman–Crippen LogP) is 2.37. The number of hydrogen-bond donors (Lipinski definition) is 1. The summed E-state index contributed by atoms with van der Waals surface area (Å²) in [6.07, 6.45) is 0.665. The van der Waals surface area contributed by atoms with Gasteiger partial charge in [0.1, 0.15) is 5.82 Å². The van der Waals surface area contributed by atoms with Crippen LogP contribution in [0.1, 0.15) is 21.5 Å². The van der Waals surface area contributed by atoms with Gasteiger partial charge in [0.15, 0.2) is 0 Å². The average Bonchev–Trinajstić information content (AvgIpc) is 2.58. The number of morpholine rings is 1. The predicted molar refractivity (Wildman–Crippen MR) is 90.1 cm³/mol.